The number of hydrogen-bond donors (Lipinski definition) is 4. The number of rotatable bonds is 5. The highest BCUT2D eigenvalue weighted by Crippen LogP contribution is 2.25. The second kappa shape index (κ2) is 5.58. The summed E-state index contributed by atoms with van der Waals surface area (Å²) in [6.45, 7) is 1.60. The molecule has 5 N–H and O–H groups in total. The lowest BCUT2D eigenvalue weighted by molar-refractivity contribution is 0.824. The van der Waals surface area contributed by atoms with E-state index in [9.17, 15) is 0 Å². The lowest BCUT2D eigenvalue weighted by Crippen LogP contribution is -2.18. The first-order valence-electron chi connectivity index (χ1n) is 4.67. The van der Waals surface area contributed by atoms with E-state index in [4.69, 9.17) is 22.7 Å². The van der Waals surface area contributed by atoms with E-state index in [2.05, 4.69) is 10.6 Å². The molecule has 4 nitrogen and oxygen atoms in total. The summed E-state index contributed by atoms with van der Waals surface area (Å²) in [5.41, 5.74) is 7.74. The Bertz CT molecular complexity index is 352. The van der Waals surface area contributed by atoms with Crippen LogP contribution in [-0.4, -0.2) is 26.4 Å². The highest BCUT2D eigenvalue weighted by Gasteiger charge is 2.05. The Hall–Kier alpha value is -1.26. The molecule has 0 saturated carbocycles. The van der Waals surface area contributed by atoms with E-state index in [1.807, 2.05) is 7.05 Å². The Morgan fingerprint density at radius 3 is 2.80 bits per heavy atom. The van der Waals surface area contributed by atoms with E-state index < -0.39 is 0 Å². The number of likely N-dealkylation sites (N-methyl/N-ethyl adjacent to an activating group) is 1. The lowest BCUT2D eigenvalue weighted by atomic mass is 10.1. The van der Waals surface area contributed by atoms with E-state index >= 15 is 0 Å². The van der Waals surface area contributed by atoms with E-state index in [0.717, 1.165) is 18.8 Å². The molecular formula is C10H15ClN4. The van der Waals surface area contributed by atoms with Gasteiger partial charge in [-0.3, -0.25) is 0 Å². The quantitative estimate of drug-likeness (QED) is 0.350. The van der Waals surface area contributed by atoms with Crippen molar-refractivity contribution in [3.63, 3.8) is 0 Å². The zero-order valence-electron chi connectivity index (χ0n) is 8.60. The molecular weight excluding hydrogens is 212 g/mol. The smallest absolute Gasteiger partial charge is 0.0465 e. The van der Waals surface area contributed by atoms with Crippen LogP contribution < -0.4 is 16.4 Å². The van der Waals surface area contributed by atoms with Gasteiger partial charge in [-0.25, -0.2) is 0 Å². The molecule has 82 valence electrons. The highest BCUT2D eigenvalue weighted by atomic mass is 35.5. The molecule has 0 bridgehead atoms. The fourth-order valence-corrected chi connectivity index (χ4v) is 1.50. The number of hydrogen-bond acceptors (Lipinski definition) is 4. The molecule has 15 heavy (non-hydrogen) atoms. The average Bonchev–Trinajstić information content (AvgIpc) is 2.17. The summed E-state index contributed by atoms with van der Waals surface area (Å²) in [6, 6.07) is 3.42. The predicted octanol–water partition coefficient (Wildman–Crippen LogP) is 1.55. The Balaban J connectivity index is 2.88. The summed E-state index contributed by atoms with van der Waals surface area (Å²) in [5.74, 6) is 0. The SMILES string of the molecule is CNCCNc1cc(Cl)cc(N)c1C=N. The largest absolute Gasteiger partial charge is 0.398 e. The molecule has 0 radical (unpaired) electrons. The third-order valence-electron chi connectivity index (χ3n) is 2.01. The van der Waals surface area contributed by atoms with Gasteiger partial charge in [-0.1, -0.05) is 11.6 Å². The maximum atomic E-state index is 7.27. The van der Waals surface area contributed by atoms with Crippen molar-refractivity contribution in [3.05, 3.63) is 22.7 Å². The van der Waals surface area contributed by atoms with Crippen molar-refractivity contribution in [2.24, 2.45) is 0 Å². The maximum Gasteiger partial charge on any atom is 0.0465 e. The van der Waals surface area contributed by atoms with Crippen LogP contribution in [0, 0.1) is 5.41 Å². The summed E-state index contributed by atoms with van der Waals surface area (Å²) < 4.78 is 0. The van der Waals surface area contributed by atoms with Gasteiger partial charge >= 0.3 is 0 Å². The van der Waals surface area contributed by atoms with Crippen LogP contribution in [0.4, 0.5) is 11.4 Å². The molecule has 1 rings (SSSR count). The molecule has 0 fully saturated rings. The van der Waals surface area contributed by atoms with Gasteiger partial charge in [0.25, 0.3) is 0 Å². The molecule has 0 aliphatic rings. The fourth-order valence-electron chi connectivity index (χ4n) is 1.27. The molecule has 0 amide bonds. The zero-order valence-corrected chi connectivity index (χ0v) is 9.36. The van der Waals surface area contributed by atoms with Crippen molar-refractivity contribution in [1.29, 1.82) is 5.41 Å². The molecule has 0 aromatic heterocycles. The molecule has 0 unspecified atom stereocenters. The van der Waals surface area contributed by atoms with Crippen LogP contribution in [0.15, 0.2) is 12.1 Å². The van der Waals surface area contributed by atoms with Gasteiger partial charge in [-0.05, 0) is 19.2 Å². The monoisotopic (exact) mass is 226 g/mol. The van der Waals surface area contributed by atoms with Gasteiger partial charge in [-0.2, -0.15) is 0 Å². The van der Waals surface area contributed by atoms with Crippen LogP contribution in [0.25, 0.3) is 0 Å². The van der Waals surface area contributed by atoms with Gasteiger partial charge in [0.05, 0.1) is 0 Å². The molecule has 0 saturated heterocycles. The van der Waals surface area contributed by atoms with E-state index in [-0.39, 0.29) is 0 Å². The first kappa shape index (κ1) is 11.8. The molecule has 0 spiro atoms. The van der Waals surface area contributed by atoms with Gasteiger partial charge < -0.3 is 21.8 Å². The van der Waals surface area contributed by atoms with E-state index in [1.165, 1.54) is 6.21 Å². The molecule has 0 heterocycles. The first-order chi connectivity index (χ1) is 7.19. The van der Waals surface area contributed by atoms with Crippen LogP contribution in [0.1, 0.15) is 5.56 Å². The molecule has 0 aliphatic heterocycles. The van der Waals surface area contributed by atoms with Crippen molar-refractivity contribution in [2.75, 3.05) is 31.2 Å². The minimum Gasteiger partial charge on any atom is -0.398 e. The third-order valence-corrected chi connectivity index (χ3v) is 2.23. The first-order valence-corrected chi connectivity index (χ1v) is 5.04. The van der Waals surface area contributed by atoms with Gasteiger partial charge in [0, 0.05) is 41.3 Å². The number of nitrogens with one attached hydrogen (secondary N) is 3. The molecule has 1 aromatic rings. The summed E-state index contributed by atoms with van der Waals surface area (Å²) >= 11 is 5.88. The van der Waals surface area contributed by atoms with Crippen molar-refractivity contribution in [3.8, 4) is 0 Å². The number of nitrogens with two attached hydrogens (primary N) is 1. The summed E-state index contributed by atoms with van der Waals surface area (Å²) in [4.78, 5) is 0. The second-order valence-corrected chi connectivity index (χ2v) is 3.57. The predicted molar refractivity (Wildman–Crippen MR) is 66.2 cm³/mol. The number of nitrogen functional groups attached to an aromatic ring is 1. The van der Waals surface area contributed by atoms with Gasteiger partial charge in [0.1, 0.15) is 0 Å². The zero-order chi connectivity index (χ0) is 11.3. The summed E-state index contributed by atoms with van der Waals surface area (Å²) in [7, 11) is 1.88. The summed E-state index contributed by atoms with van der Waals surface area (Å²) in [5, 5.41) is 14.0. The fraction of sp³-hybridized carbons (Fsp3) is 0.300. The van der Waals surface area contributed by atoms with Crippen LogP contribution in [-0.2, 0) is 0 Å². The standard InChI is InChI=1S/C10H15ClN4/c1-14-2-3-15-10-5-7(11)4-9(13)8(10)6-12/h4-6,12,14-15H,2-3,13H2,1H3. The average molecular weight is 227 g/mol. The van der Waals surface area contributed by atoms with Crippen molar-refractivity contribution in [1.82, 2.24) is 5.32 Å². The lowest BCUT2D eigenvalue weighted by Gasteiger charge is -2.11. The van der Waals surface area contributed by atoms with E-state index in [0.29, 0.717) is 16.3 Å². The minimum atomic E-state index is 0.518. The van der Waals surface area contributed by atoms with Crippen LogP contribution in [0.3, 0.4) is 0 Å². The summed E-state index contributed by atoms with van der Waals surface area (Å²) in [6.07, 6.45) is 1.23. The number of anilines is 2. The maximum absolute atomic E-state index is 7.27. The third kappa shape index (κ3) is 3.11. The Morgan fingerprint density at radius 1 is 1.47 bits per heavy atom. The second-order valence-electron chi connectivity index (χ2n) is 3.13. The van der Waals surface area contributed by atoms with Crippen LogP contribution >= 0.6 is 11.6 Å². The van der Waals surface area contributed by atoms with Crippen molar-refractivity contribution >= 4 is 29.2 Å². The molecule has 0 aliphatic carbocycles. The molecule has 1 aromatic carbocycles. The van der Waals surface area contributed by atoms with Gasteiger partial charge in [0.2, 0.25) is 0 Å². The topological polar surface area (TPSA) is 73.9 Å². The van der Waals surface area contributed by atoms with Crippen molar-refractivity contribution < 1.29 is 0 Å². The van der Waals surface area contributed by atoms with Crippen molar-refractivity contribution in [2.45, 2.75) is 0 Å². The number of halogens is 1. The number of benzene rings is 1. The molecule has 0 atom stereocenters. The molecule has 5 heteroatoms. The minimum absolute atomic E-state index is 0.518. The Labute approximate surface area is 94.3 Å². The van der Waals surface area contributed by atoms with Crippen LogP contribution in [0.2, 0.25) is 5.02 Å². The van der Waals surface area contributed by atoms with Gasteiger partial charge in [0.15, 0.2) is 0 Å². The Kier molecular flexibility index (Phi) is 4.39. The van der Waals surface area contributed by atoms with E-state index in [1.54, 1.807) is 12.1 Å². The normalized spacial score (nSPS) is 10.0. The van der Waals surface area contributed by atoms with Crippen LogP contribution in [0.5, 0.6) is 0 Å². The Morgan fingerprint density at radius 2 is 2.20 bits per heavy atom. The highest BCUT2D eigenvalue weighted by molar-refractivity contribution is 6.31. The van der Waals surface area contributed by atoms with Gasteiger partial charge in [-0.15, -0.1) is 0 Å².